The molecule has 0 spiro atoms. The highest BCUT2D eigenvalue weighted by molar-refractivity contribution is 6.04. The van der Waals surface area contributed by atoms with Gasteiger partial charge in [-0.15, -0.1) is 0 Å². The molecule has 1 aliphatic carbocycles. The minimum Gasteiger partial charge on any atom is -0.324 e. The summed E-state index contributed by atoms with van der Waals surface area (Å²) in [6.07, 6.45) is 11.0. The quantitative estimate of drug-likeness (QED) is 0.674. The second-order valence-corrected chi connectivity index (χ2v) is 8.49. The molecule has 148 valence electrons. The Bertz CT molecular complexity index is 804. The molecule has 0 amide bonds. The SMILES string of the molecule is C[C@H](N)C1=Nc2cccc(CCCC3CCCCC3)c2CN1c1ccccc1. The van der Waals surface area contributed by atoms with Crippen molar-refractivity contribution >= 4 is 17.2 Å². The lowest BCUT2D eigenvalue weighted by Gasteiger charge is -2.33. The van der Waals surface area contributed by atoms with Crippen LogP contribution < -0.4 is 10.6 Å². The Labute approximate surface area is 169 Å². The Kier molecular flexibility index (Phi) is 6.11. The third-order valence-corrected chi connectivity index (χ3v) is 6.33. The fourth-order valence-corrected chi connectivity index (χ4v) is 4.80. The summed E-state index contributed by atoms with van der Waals surface area (Å²) in [7, 11) is 0. The molecule has 2 aromatic rings. The van der Waals surface area contributed by atoms with Crippen molar-refractivity contribution in [3.63, 3.8) is 0 Å². The van der Waals surface area contributed by atoms with Crippen LogP contribution in [0.4, 0.5) is 11.4 Å². The van der Waals surface area contributed by atoms with E-state index in [-0.39, 0.29) is 6.04 Å². The van der Waals surface area contributed by atoms with Crippen molar-refractivity contribution in [2.45, 2.75) is 70.9 Å². The summed E-state index contributed by atoms with van der Waals surface area (Å²) in [5.41, 5.74) is 11.4. The minimum absolute atomic E-state index is 0.0942. The van der Waals surface area contributed by atoms with Crippen LogP contribution in [0.2, 0.25) is 0 Å². The van der Waals surface area contributed by atoms with E-state index < -0.39 is 0 Å². The lowest BCUT2D eigenvalue weighted by molar-refractivity contribution is 0.332. The number of benzene rings is 2. The van der Waals surface area contributed by atoms with Gasteiger partial charge in [-0.05, 0) is 49.4 Å². The first kappa shape index (κ1) is 19.2. The molecule has 2 N–H and O–H groups in total. The topological polar surface area (TPSA) is 41.6 Å². The minimum atomic E-state index is -0.0942. The number of nitrogens with two attached hydrogens (primary N) is 1. The Balaban J connectivity index is 1.54. The zero-order valence-electron chi connectivity index (χ0n) is 17.1. The Hall–Kier alpha value is -2.13. The maximum absolute atomic E-state index is 6.28. The molecule has 0 saturated heterocycles. The van der Waals surface area contributed by atoms with E-state index in [0.717, 1.165) is 30.4 Å². The van der Waals surface area contributed by atoms with Gasteiger partial charge in [0.25, 0.3) is 0 Å². The zero-order valence-corrected chi connectivity index (χ0v) is 17.1. The Morgan fingerprint density at radius 1 is 1.04 bits per heavy atom. The van der Waals surface area contributed by atoms with Gasteiger partial charge < -0.3 is 10.6 Å². The van der Waals surface area contributed by atoms with Gasteiger partial charge in [0.05, 0.1) is 18.3 Å². The molecule has 0 aromatic heterocycles. The molecule has 3 heteroatoms. The van der Waals surface area contributed by atoms with E-state index >= 15 is 0 Å². The number of fused-ring (bicyclic) bond motifs is 1. The molecule has 0 radical (unpaired) electrons. The molecule has 2 aromatic carbocycles. The second-order valence-electron chi connectivity index (χ2n) is 8.49. The van der Waals surface area contributed by atoms with Gasteiger partial charge in [0, 0.05) is 11.3 Å². The van der Waals surface area contributed by atoms with E-state index in [1.54, 1.807) is 0 Å². The van der Waals surface area contributed by atoms with Crippen LogP contribution in [0.15, 0.2) is 53.5 Å². The van der Waals surface area contributed by atoms with Crippen LogP contribution in [-0.2, 0) is 13.0 Å². The molecule has 1 heterocycles. The molecule has 0 bridgehead atoms. The number of aryl methyl sites for hydroxylation is 1. The van der Waals surface area contributed by atoms with Gasteiger partial charge in [-0.25, -0.2) is 4.99 Å². The van der Waals surface area contributed by atoms with Crippen LogP contribution in [0.1, 0.15) is 63.0 Å². The fraction of sp³-hybridized carbons (Fsp3) is 0.480. The summed E-state index contributed by atoms with van der Waals surface area (Å²) in [5, 5.41) is 0. The van der Waals surface area contributed by atoms with Crippen molar-refractivity contribution in [1.82, 2.24) is 0 Å². The maximum atomic E-state index is 6.28. The molecule has 3 nitrogen and oxygen atoms in total. The van der Waals surface area contributed by atoms with Crippen LogP contribution in [0.25, 0.3) is 0 Å². The first-order chi connectivity index (χ1) is 13.7. The summed E-state index contributed by atoms with van der Waals surface area (Å²) < 4.78 is 0. The van der Waals surface area contributed by atoms with Crippen LogP contribution in [0.5, 0.6) is 0 Å². The van der Waals surface area contributed by atoms with E-state index in [2.05, 4.69) is 53.4 Å². The van der Waals surface area contributed by atoms with Crippen molar-refractivity contribution in [3.8, 4) is 0 Å². The second kappa shape index (κ2) is 8.91. The number of amidine groups is 1. The number of anilines is 1. The van der Waals surface area contributed by atoms with Crippen LogP contribution in [0, 0.1) is 5.92 Å². The van der Waals surface area contributed by atoms with E-state index in [1.807, 2.05) is 6.92 Å². The monoisotopic (exact) mass is 375 g/mol. The first-order valence-corrected chi connectivity index (χ1v) is 11.0. The molecule has 1 aliphatic heterocycles. The maximum Gasteiger partial charge on any atom is 0.126 e. The van der Waals surface area contributed by atoms with Gasteiger partial charge in [-0.3, -0.25) is 0 Å². The lowest BCUT2D eigenvalue weighted by Crippen LogP contribution is -2.43. The van der Waals surface area contributed by atoms with Crippen molar-refractivity contribution in [2.24, 2.45) is 16.6 Å². The smallest absolute Gasteiger partial charge is 0.126 e. The average molecular weight is 376 g/mol. The summed E-state index contributed by atoms with van der Waals surface area (Å²) in [6, 6.07) is 17.0. The summed E-state index contributed by atoms with van der Waals surface area (Å²) in [5.74, 6) is 1.91. The van der Waals surface area contributed by atoms with E-state index in [4.69, 9.17) is 10.7 Å². The van der Waals surface area contributed by atoms with Gasteiger partial charge in [0.2, 0.25) is 0 Å². The summed E-state index contributed by atoms with van der Waals surface area (Å²) in [4.78, 5) is 7.27. The molecule has 1 saturated carbocycles. The van der Waals surface area contributed by atoms with Crippen molar-refractivity contribution in [3.05, 3.63) is 59.7 Å². The van der Waals surface area contributed by atoms with E-state index in [9.17, 15) is 0 Å². The summed E-state index contributed by atoms with van der Waals surface area (Å²) >= 11 is 0. The molecule has 28 heavy (non-hydrogen) atoms. The predicted molar refractivity (Wildman–Crippen MR) is 119 cm³/mol. The number of hydrogen-bond acceptors (Lipinski definition) is 3. The molecule has 2 aliphatic rings. The van der Waals surface area contributed by atoms with Gasteiger partial charge in [-0.1, -0.05) is 68.9 Å². The van der Waals surface area contributed by atoms with Crippen molar-refractivity contribution < 1.29 is 0 Å². The Morgan fingerprint density at radius 2 is 1.82 bits per heavy atom. The predicted octanol–water partition coefficient (Wildman–Crippen LogP) is 5.99. The molecule has 1 atom stereocenters. The lowest BCUT2D eigenvalue weighted by atomic mass is 9.85. The molecule has 0 unspecified atom stereocenters. The summed E-state index contributed by atoms with van der Waals surface area (Å²) in [6.45, 7) is 2.88. The standard InChI is InChI=1S/C25H33N3/c1-19(26)25-27-24-17-9-14-21(13-8-12-20-10-4-2-5-11-20)23(24)18-28(25)22-15-6-3-7-16-22/h3,6-7,9,14-17,19-20H,2,4-5,8,10-13,18,26H2,1H3/t19-/m0/s1. The third-order valence-electron chi connectivity index (χ3n) is 6.33. The van der Waals surface area contributed by atoms with Crippen LogP contribution in [-0.4, -0.2) is 11.9 Å². The van der Waals surface area contributed by atoms with Crippen LogP contribution >= 0.6 is 0 Å². The third kappa shape index (κ3) is 4.30. The fourth-order valence-electron chi connectivity index (χ4n) is 4.80. The van der Waals surface area contributed by atoms with E-state index in [0.29, 0.717) is 0 Å². The van der Waals surface area contributed by atoms with Gasteiger partial charge in [0.1, 0.15) is 5.84 Å². The first-order valence-electron chi connectivity index (χ1n) is 11.0. The highest BCUT2D eigenvalue weighted by Crippen LogP contribution is 2.34. The van der Waals surface area contributed by atoms with E-state index in [1.165, 1.54) is 61.8 Å². The molecular weight excluding hydrogens is 342 g/mol. The van der Waals surface area contributed by atoms with Gasteiger partial charge in [0.15, 0.2) is 0 Å². The number of rotatable bonds is 6. The van der Waals surface area contributed by atoms with Gasteiger partial charge >= 0.3 is 0 Å². The zero-order chi connectivity index (χ0) is 19.3. The highest BCUT2D eigenvalue weighted by Gasteiger charge is 2.25. The molecule has 1 fully saturated rings. The van der Waals surface area contributed by atoms with Gasteiger partial charge in [-0.2, -0.15) is 0 Å². The van der Waals surface area contributed by atoms with Crippen molar-refractivity contribution in [2.75, 3.05) is 4.90 Å². The average Bonchev–Trinajstić information content (AvgIpc) is 2.74. The number of para-hydroxylation sites is 1. The number of nitrogens with zero attached hydrogens (tertiary/aromatic N) is 2. The normalized spacial score (nSPS) is 18.5. The number of hydrogen-bond donors (Lipinski definition) is 1. The van der Waals surface area contributed by atoms with Crippen LogP contribution in [0.3, 0.4) is 0 Å². The number of aliphatic imine (C=N–C) groups is 1. The Morgan fingerprint density at radius 3 is 2.57 bits per heavy atom. The molecule has 4 rings (SSSR count). The largest absolute Gasteiger partial charge is 0.324 e. The molecular formula is C25H33N3. The van der Waals surface area contributed by atoms with Crippen molar-refractivity contribution in [1.29, 1.82) is 0 Å². The highest BCUT2D eigenvalue weighted by atomic mass is 15.2.